The monoisotopic (exact) mass is 451 g/mol. The van der Waals surface area contributed by atoms with E-state index in [1.165, 1.54) is 26.6 Å². The van der Waals surface area contributed by atoms with Crippen molar-refractivity contribution in [3.63, 3.8) is 0 Å². The lowest BCUT2D eigenvalue weighted by Crippen LogP contribution is -2.35. The van der Waals surface area contributed by atoms with Gasteiger partial charge in [-0.25, -0.2) is 4.57 Å². The molecule has 0 aliphatic carbocycles. The minimum absolute atomic E-state index is 0.0512. The van der Waals surface area contributed by atoms with Crippen LogP contribution in [0.2, 0.25) is 0 Å². The van der Waals surface area contributed by atoms with Crippen molar-refractivity contribution < 1.29 is 4.57 Å². The van der Waals surface area contributed by atoms with Crippen LogP contribution in [0.15, 0.2) is 64.6 Å². The van der Waals surface area contributed by atoms with Crippen molar-refractivity contribution in [2.75, 3.05) is 12.5 Å². The average Bonchev–Trinajstić information content (AvgIpc) is 2.78. The molecule has 0 aliphatic rings. The van der Waals surface area contributed by atoms with E-state index in [2.05, 4.69) is 107 Å². The first kappa shape index (κ1) is 23.9. The molecule has 0 aliphatic heterocycles. The number of benzene rings is 2. The van der Waals surface area contributed by atoms with E-state index in [4.69, 9.17) is 4.98 Å². The van der Waals surface area contributed by atoms with E-state index in [0.29, 0.717) is 11.8 Å². The third kappa shape index (κ3) is 5.01. The minimum atomic E-state index is 0.0512. The number of rotatable bonds is 7. The molecule has 0 N–H and O–H groups in total. The maximum Gasteiger partial charge on any atom is 0.287 e. The zero-order valence-electron chi connectivity index (χ0n) is 20.1. The second-order valence-corrected chi connectivity index (χ2v) is 10.9. The summed E-state index contributed by atoms with van der Waals surface area (Å²) in [5, 5.41) is 0. The van der Waals surface area contributed by atoms with Crippen LogP contribution in [0.3, 0.4) is 0 Å². The molecule has 3 aromatic rings. The Bertz CT molecular complexity index is 1060. The Morgan fingerprint density at radius 2 is 1.58 bits per heavy atom. The van der Waals surface area contributed by atoms with E-state index in [0.717, 1.165) is 11.3 Å². The lowest BCUT2D eigenvalue weighted by atomic mass is 9.68. The summed E-state index contributed by atoms with van der Waals surface area (Å²) in [7, 11) is 2.10. The van der Waals surface area contributed by atoms with E-state index in [1.54, 1.807) is 23.5 Å². The first-order chi connectivity index (χ1) is 14.7. The fourth-order valence-electron chi connectivity index (χ4n) is 4.19. The van der Waals surface area contributed by atoms with Crippen molar-refractivity contribution in [2.45, 2.75) is 49.8 Å². The number of thioether (sulfide) groups is 2. The van der Waals surface area contributed by atoms with Crippen LogP contribution < -0.4 is 4.57 Å². The summed E-state index contributed by atoms with van der Waals surface area (Å²) in [6, 6.07) is 17.8. The van der Waals surface area contributed by atoms with Crippen LogP contribution >= 0.6 is 23.5 Å². The summed E-state index contributed by atoms with van der Waals surface area (Å²) in [4.78, 5) is 7.30. The quantitative estimate of drug-likeness (QED) is 0.278. The first-order valence-electron chi connectivity index (χ1n) is 10.9. The third-order valence-electron chi connectivity index (χ3n) is 6.72. The molecule has 0 spiro atoms. The summed E-state index contributed by atoms with van der Waals surface area (Å²) in [5.74, 6) is 1.16. The zero-order chi connectivity index (χ0) is 22.8. The van der Waals surface area contributed by atoms with Gasteiger partial charge in [0.2, 0.25) is 0 Å². The van der Waals surface area contributed by atoms with E-state index >= 15 is 0 Å². The van der Waals surface area contributed by atoms with Crippen molar-refractivity contribution in [2.24, 2.45) is 18.9 Å². The molecule has 1 heterocycles. The van der Waals surface area contributed by atoms with Crippen LogP contribution in [0.25, 0.3) is 22.5 Å². The summed E-state index contributed by atoms with van der Waals surface area (Å²) in [6.45, 7) is 11.8. The van der Waals surface area contributed by atoms with Crippen LogP contribution in [-0.4, -0.2) is 17.5 Å². The number of aromatic nitrogens is 2. The van der Waals surface area contributed by atoms with Crippen molar-refractivity contribution in [3.8, 4) is 22.5 Å². The van der Waals surface area contributed by atoms with Gasteiger partial charge >= 0.3 is 0 Å². The van der Waals surface area contributed by atoms with Gasteiger partial charge in [0.25, 0.3) is 6.33 Å². The van der Waals surface area contributed by atoms with E-state index in [9.17, 15) is 0 Å². The van der Waals surface area contributed by atoms with Crippen LogP contribution in [0.5, 0.6) is 0 Å². The van der Waals surface area contributed by atoms with Gasteiger partial charge in [-0.1, -0.05) is 52.8 Å². The first-order valence-corrected chi connectivity index (χ1v) is 13.3. The summed E-state index contributed by atoms with van der Waals surface area (Å²) < 4.78 is 2.15. The molecule has 0 saturated carbocycles. The van der Waals surface area contributed by atoms with Gasteiger partial charge in [-0.3, -0.25) is 0 Å². The van der Waals surface area contributed by atoms with E-state index in [-0.39, 0.29) is 5.41 Å². The number of hydrogen-bond acceptors (Lipinski definition) is 3. The van der Waals surface area contributed by atoms with Crippen LogP contribution in [0.4, 0.5) is 0 Å². The number of hydrogen-bond donors (Lipinski definition) is 0. The smallest absolute Gasteiger partial charge is 0.232 e. The Morgan fingerprint density at radius 1 is 0.903 bits per heavy atom. The summed E-state index contributed by atoms with van der Waals surface area (Å²) in [6.07, 6.45) is 6.21. The van der Waals surface area contributed by atoms with E-state index < -0.39 is 0 Å². The molecule has 0 saturated heterocycles. The van der Waals surface area contributed by atoms with Crippen LogP contribution in [0, 0.1) is 11.8 Å². The molecule has 1 unspecified atom stereocenters. The Morgan fingerprint density at radius 3 is 2.23 bits per heavy atom. The maximum atomic E-state index is 4.76. The molecule has 31 heavy (non-hydrogen) atoms. The molecule has 1 aromatic heterocycles. The van der Waals surface area contributed by atoms with Crippen molar-refractivity contribution in [1.82, 2.24) is 4.98 Å². The molecule has 1 atom stereocenters. The molecule has 2 nitrogen and oxygen atoms in total. The van der Waals surface area contributed by atoms with Gasteiger partial charge in [0.1, 0.15) is 5.69 Å². The third-order valence-corrected chi connectivity index (χ3v) is 8.17. The van der Waals surface area contributed by atoms with E-state index in [1.807, 2.05) is 6.33 Å². The van der Waals surface area contributed by atoms with Crippen molar-refractivity contribution >= 4 is 23.5 Å². The topological polar surface area (TPSA) is 16.8 Å². The molecule has 0 amide bonds. The van der Waals surface area contributed by atoms with Gasteiger partial charge in [-0.2, -0.15) is 0 Å². The molecule has 4 heteroatoms. The Hall–Kier alpha value is -1.78. The predicted octanol–water partition coefficient (Wildman–Crippen LogP) is 7.25. The Labute approximate surface area is 196 Å². The molecule has 0 radical (unpaired) electrons. The van der Waals surface area contributed by atoms with Gasteiger partial charge in [0.05, 0.1) is 7.05 Å². The molecule has 0 fully saturated rings. The van der Waals surface area contributed by atoms with Crippen LogP contribution in [-0.2, 0) is 12.5 Å². The average molecular weight is 452 g/mol. The van der Waals surface area contributed by atoms with Gasteiger partial charge in [-0.05, 0) is 64.6 Å². The predicted molar refractivity (Wildman–Crippen MR) is 137 cm³/mol. The number of nitrogens with zero attached hydrogens (tertiary/aromatic N) is 2. The highest BCUT2D eigenvalue weighted by atomic mass is 32.2. The highest BCUT2D eigenvalue weighted by Gasteiger charge is 2.33. The molecular formula is C27H35N2S2+. The second kappa shape index (κ2) is 9.79. The molecular weight excluding hydrogens is 416 g/mol. The highest BCUT2D eigenvalue weighted by molar-refractivity contribution is 7.98. The lowest BCUT2D eigenvalue weighted by molar-refractivity contribution is -0.663. The second-order valence-electron chi connectivity index (χ2n) is 9.17. The lowest BCUT2D eigenvalue weighted by Gasteiger charge is -2.36. The SMILES string of the molecule is CSc1cccc(-c2cc(-c3cc(SC)ccc3C(C)(C)C(C)C(C)C)[n+](C)cn2)c1. The maximum absolute atomic E-state index is 4.76. The van der Waals surface area contributed by atoms with Gasteiger partial charge in [0, 0.05) is 27.0 Å². The molecule has 3 rings (SSSR count). The zero-order valence-corrected chi connectivity index (χ0v) is 21.7. The molecule has 164 valence electrons. The summed E-state index contributed by atoms with van der Waals surface area (Å²) >= 11 is 3.56. The fourth-order valence-corrected chi connectivity index (χ4v) is 5.09. The minimum Gasteiger partial charge on any atom is -0.232 e. The van der Waals surface area contributed by atoms with Gasteiger partial charge in [-0.15, -0.1) is 23.5 Å². The standard InChI is InChI=1S/C27H35N2S2/c1-18(2)19(3)27(4,5)24-13-12-22(31-8)15-23(24)26-16-25(28-17-29(26)6)20-10-9-11-21(14-20)30-7/h9-19H,1-8H3/q+1. The van der Waals surface area contributed by atoms with Crippen molar-refractivity contribution in [1.29, 1.82) is 0 Å². The Kier molecular flexibility index (Phi) is 7.54. The molecule has 2 aromatic carbocycles. The largest absolute Gasteiger partial charge is 0.287 e. The van der Waals surface area contributed by atoms with Crippen LogP contribution in [0.1, 0.15) is 40.2 Å². The highest BCUT2D eigenvalue weighted by Crippen LogP contribution is 2.42. The normalized spacial score (nSPS) is 12.9. The molecule has 0 bridgehead atoms. The summed E-state index contributed by atoms with van der Waals surface area (Å²) in [5.41, 5.74) is 6.13. The Balaban J connectivity index is 2.22. The number of aryl methyl sites for hydroxylation is 1. The van der Waals surface area contributed by atoms with Gasteiger partial charge in [0.15, 0.2) is 5.69 Å². The van der Waals surface area contributed by atoms with Gasteiger partial charge < -0.3 is 0 Å². The van der Waals surface area contributed by atoms with Crippen molar-refractivity contribution in [3.05, 3.63) is 60.4 Å². The fraction of sp³-hybridized carbons (Fsp3) is 0.407.